The van der Waals surface area contributed by atoms with E-state index in [1.807, 2.05) is 6.07 Å². The first-order chi connectivity index (χ1) is 9.58. The number of aromatic carboxylic acids is 1. The third-order valence-electron chi connectivity index (χ3n) is 2.54. The van der Waals surface area contributed by atoms with Crippen LogP contribution >= 0.6 is 11.3 Å². The molecule has 20 heavy (non-hydrogen) atoms. The van der Waals surface area contributed by atoms with Crippen LogP contribution in [-0.2, 0) is 4.79 Å². The summed E-state index contributed by atoms with van der Waals surface area (Å²) >= 11 is 1.06. The molecule has 0 aliphatic rings. The van der Waals surface area contributed by atoms with Gasteiger partial charge in [-0.3, -0.25) is 4.79 Å². The van der Waals surface area contributed by atoms with Crippen molar-refractivity contribution in [1.82, 2.24) is 0 Å². The van der Waals surface area contributed by atoms with Crippen molar-refractivity contribution in [2.45, 2.75) is 13.0 Å². The molecule has 1 atom stereocenters. The lowest BCUT2D eigenvalue weighted by Gasteiger charge is -2.14. The second-order valence-corrected chi connectivity index (χ2v) is 4.95. The van der Waals surface area contributed by atoms with Crippen LogP contribution in [0.1, 0.15) is 16.6 Å². The van der Waals surface area contributed by atoms with Crippen LogP contribution in [0, 0.1) is 0 Å². The fourth-order valence-corrected chi connectivity index (χ4v) is 2.25. The van der Waals surface area contributed by atoms with Crippen molar-refractivity contribution in [3.8, 4) is 5.75 Å². The number of hydrogen-bond acceptors (Lipinski definition) is 4. The van der Waals surface area contributed by atoms with Crippen LogP contribution in [0.15, 0.2) is 41.8 Å². The van der Waals surface area contributed by atoms with Gasteiger partial charge in [0.15, 0.2) is 6.10 Å². The van der Waals surface area contributed by atoms with Crippen LogP contribution in [0.25, 0.3) is 0 Å². The minimum atomic E-state index is -1.06. The molecular formula is C14H13NO4S. The molecule has 0 aliphatic carbocycles. The number of para-hydroxylation sites is 1. The standard InChI is InChI=1S/C14H13NO4S/c1-9(19-10-5-3-2-4-6-10)13(16)15-11-7-8-20-12(11)14(17)18/h2-9H,1H3,(H,15,16)(H,17,18). The molecule has 0 fully saturated rings. The van der Waals surface area contributed by atoms with Crippen LogP contribution in [0.2, 0.25) is 0 Å². The summed E-state index contributed by atoms with van der Waals surface area (Å²) in [5.41, 5.74) is 0.288. The molecule has 0 saturated heterocycles. The molecular weight excluding hydrogens is 278 g/mol. The maximum absolute atomic E-state index is 12.0. The van der Waals surface area contributed by atoms with E-state index in [0.29, 0.717) is 5.75 Å². The minimum absolute atomic E-state index is 0.102. The minimum Gasteiger partial charge on any atom is -0.481 e. The molecule has 2 aromatic rings. The summed E-state index contributed by atoms with van der Waals surface area (Å²) in [4.78, 5) is 23.0. The third-order valence-corrected chi connectivity index (χ3v) is 3.45. The van der Waals surface area contributed by atoms with Gasteiger partial charge in [0.25, 0.3) is 5.91 Å². The second-order valence-electron chi connectivity index (χ2n) is 4.03. The van der Waals surface area contributed by atoms with Gasteiger partial charge in [0.2, 0.25) is 0 Å². The Morgan fingerprint density at radius 3 is 2.60 bits per heavy atom. The van der Waals surface area contributed by atoms with E-state index in [1.54, 1.807) is 42.6 Å². The first kappa shape index (κ1) is 14.1. The molecule has 0 bridgehead atoms. The Bertz CT molecular complexity index is 609. The number of benzene rings is 1. The number of anilines is 1. The van der Waals surface area contributed by atoms with Gasteiger partial charge in [-0.25, -0.2) is 4.79 Å². The fourth-order valence-electron chi connectivity index (χ4n) is 1.56. The fraction of sp³-hybridized carbons (Fsp3) is 0.143. The molecule has 6 heteroatoms. The highest BCUT2D eigenvalue weighted by atomic mass is 32.1. The number of carbonyl (C=O) groups excluding carboxylic acids is 1. The number of carboxylic acids is 1. The van der Waals surface area contributed by atoms with Gasteiger partial charge < -0.3 is 15.2 Å². The van der Waals surface area contributed by atoms with Gasteiger partial charge in [0, 0.05) is 0 Å². The zero-order valence-electron chi connectivity index (χ0n) is 10.7. The zero-order chi connectivity index (χ0) is 14.5. The zero-order valence-corrected chi connectivity index (χ0v) is 11.5. The molecule has 0 aliphatic heterocycles. The summed E-state index contributed by atoms with van der Waals surface area (Å²) in [5.74, 6) is -0.874. The summed E-state index contributed by atoms with van der Waals surface area (Å²) in [6.45, 7) is 1.61. The highest BCUT2D eigenvalue weighted by molar-refractivity contribution is 7.12. The first-order valence-electron chi connectivity index (χ1n) is 5.91. The van der Waals surface area contributed by atoms with Crippen LogP contribution in [0.4, 0.5) is 5.69 Å². The van der Waals surface area contributed by atoms with E-state index in [4.69, 9.17) is 9.84 Å². The number of hydrogen-bond donors (Lipinski definition) is 2. The average Bonchev–Trinajstić information content (AvgIpc) is 2.88. The van der Waals surface area contributed by atoms with Gasteiger partial charge in [0.05, 0.1) is 5.69 Å². The van der Waals surface area contributed by atoms with Crippen molar-refractivity contribution in [2.24, 2.45) is 0 Å². The molecule has 1 aromatic heterocycles. The average molecular weight is 291 g/mol. The summed E-state index contributed by atoms with van der Waals surface area (Å²) < 4.78 is 5.47. The second kappa shape index (κ2) is 6.21. The van der Waals surface area contributed by atoms with Crippen molar-refractivity contribution < 1.29 is 19.4 Å². The lowest BCUT2D eigenvalue weighted by molar-refractivity contribution is -0.122. The van der Waals surface area contributed by atoms with E-state index in [1.165, 1.54) is 0 Å². The number of amides is 1. The van der Waals surface area contributed by atoms with E-state index < -0.39 is 18.0 Å². The van der Waals surface area contributed by atoms with Crippen LogP contribution < -0.4 is 10.1 Å². The molecule has 2 rings (SSSR count). The summed E-state index contributed by atoms with van der Waals surface area (Å²) in [7, 11) is 0. The van der Waals surface area contributed by atoms with E-state index in [9.17, 15) is 9.59 Å². The Morgan fingerprint density at radius 1 is 1.25 bits per heavy atom. The smallest absolute Gasteiger partial charge is 0.348 e. The van der Waals surface area contributed by atoms with E-state index in [0.717, 1.165) is 11.3 Å². The largest absolute Gasteiger partial charge is 0.481 e. The monoisotopic (exact) mass is 291 g/mol. The normalized spacial score (nSPS) is 11.7. The number of carbonyl (C=O) groups is 2. The molecule has 0 spiro atoms. The SMILES string of the molecule is CC(Oc1ccccc1)C(=O)Nc1ccsc1C(=O)O. The van der Waals surface area contributed by atoms with E-state index >= 15 is 0 Å². The quantitative estimate of drug-likeness (QED) is 0.888. The molecule has 5 nitrogen and oxygen atoms in total. The molecule has 1 unspecified atom stereocenters. The molecule has 0 saturated carbocycles. The third kappa shape index (κ3) is 3.36. The van der Waals surface area contributed by atoms with Crippen molar-refractivity contribution in [3.05, 3.63) is 46.7 Å². The number of nitrogens with one attached hydrogen (secondary N) is 1. The summed E-state index contributed by atoms with van der Waals surface area (Å²) in [5, 5.41) is 13.1. The van der Waals surface area contributed by atoms with Crippen molar-refractivity contribution >= 4 is 28.9 Å². The molecule has 1 amide bonds. The molecule has 1 heterocycles. The van der Waals surface area contributed by atoms with E-state index in [-0.39, 0.29) is 10.6 Å². The Morgan fingerprint density at radius 2 is 1.95 bits per heavy atom. The van der Waals surface area contributed by atoms with Crippen LogP contribution in [-0.4, -0.2) is 23.1 Å². The summed E-state index contributed by atoms with van der Waals surface area (Å²) in [6, 6.07) is 10.5. The first-order valence-corrected chi connectivity index (χ1v) is 6.79. The van der Waals surface area contributed by atoms with Crippen molar-refractivity contribution in [3.63, 3.8) is 0 Å². The number of ether oxygens (including phenoxy) is 1. The molecule has 104 valence electrons. The Labute approximate surface area is 119 Å². The van der Waals surface area contributed by atoms with Gasteiger partial charge in [-0.05, 0) is 30.5 Å². The Balaban J connectivity index is 2.01. The predicted molar refractivity (Wildman–Crippen MR) is 76.4 cm³/mol. The molecule has 1 aromatic carbocycles. The van der Waals surface area contributed by atoms with Crippen LogP contribution in [0.5, 0.6) is 5.75 Å². The summed E-state index contributed by atoms with van der Waals surface area (Å²) in [6.07, 6.45) is -0.723. The Hall–Kier alpha value is -2.34. The van der Waals surface area contributed by atoms with Gasteiger partial charge in [-0.2, -0.15) is 0 Å². The van der Waals surface area contributed by atoms with Crippen molar-refractivity contribution in [2.75, 3.05) is 5.32 Å². The molecule has 0 radical (unpaired) electrons. The lowest BCUT2D eigenvalue weighted by atomic mass is 10.3. The lowest BCUT2D eigenvalue weighted by Crippen LogP contribution is -2.30. The molecule has 2 N–H and O–H groups in total. The van der Waals surface area contributed by atoms with Crippen molar-refractivity contribution in [1.29, 1.82) is 0 Å². The topological polar surface area (TPSA) is 75.6 Å². The number of carboxylic acid groups (broad SMARTS) is 1. The highest BCUT2D eigenvalue weighted by Gasteiger charge is 2.19. The highest BCUT2D eigenvalue weighted by Crippen LogP contribution is 2.22. The van der Waals surface area contributed by atoms with E-state index in [2.05, 4.69) is 5.32 Å². The van der Waals surface area contributed by atoms with Gasteiger partial charge in [0.1, 0.15) is 10.6 Å². The van der Waals surface area contributed by atoms with Gasteiger partial charge >= 0.3 is 5.97 Å². The maximum Gasteiger partial charge on any atom is 0.348 e. The predicted octanol–water partition coefficient (Wildman–Crippen LogP) is 2.85. The maximum atomic E-state index is 12.0. The van der Waals surface area contributed by atoms with Gasteiger partial charge in [-0.1, -0.05) is 18.2 Å². The van der Waals surface area contributed by atoms with Gasteiger partial charge in [-0.15, -0.1) is 11.3 Å². The number of thiophene rings is 1. The number of rotatable bonds is 5. The Kier molecular flexibility index (Phi) is 4.37. The van der Waals surface area contributed by atoms with Crippen LogP contribution in [0.3, 0.4) is 0 Å².